The van der Waals surface area contributed by atoms with Crippen LogP contribution >= 0.6 is 23.2 Å². The van der Waals surface area contributed by atoms with E-state index in [9.17, 15) is 4.79 Å². The van der Waals surface area contributed by atoms with Gasteiger partial charge in [0.1, 0.15) is 0 Å². The van der Waals surface area contributed by atoms with Crippen molar-refractivity contribution in [1.82, 2.24) is 30.1 Å². The van der Waals surface area contributed by atoms with Crippen molar-refractivity contribution in [3.63, 3.8) is 0 Å². The van der Waals surface area contributed by atoms with Crippen molar-refractivity contribution in [2.75, 3.05) is 51.2 Å². The molecule has 1 N–H and O–H groups in total. The number of carbonyl (C=O) groups is 1. The lowest BCUT2D eigenvalue weighted by atomic mass is 9.93. The molecule has 8 rings (SSSR count). The smallest absolute Gasteiger partial charge is 0.261 e. The molecule has 314 valence electrons. The molecule has 3 fully saturated rings. The number of nitrogens with one attached hydrogen (secondary N) is 1. The molecule has 3 aliphatic rings. The van der Waals surface area contributed by atoms with Crippen molar-refractivity contribution in [3.8, 4) is 22.9 Å². The Morgan fingerprint density at radius 1 is 0.850 bits per heavy atom. The van der Waals surface area contributed by atoms with Crippen LogP contribution in [0.2, 0.25) is 15.1 Å². The highest BCUT2D eigenvalue weighted by Gasteiger charge is 2.53. The number of halogens is 2. The van der Waals surface area contributed by atoms with Gasteiger partial charge < -0.3 is 19.4 Å². The Labute approximate surface area is 365 Å². The summed E-state index contributed by atoms with van der Waals surface area (Å²) < 4.78 is 13.9. The molecule has 0 unspecified atom stereocenters. The van der Waals surface area contributed by atoms with E-state index in [-0.39, 0.29) is 17.0 Å². The summed E-state index contributed by atoms with van der Waals surface area (Å²) in [7, 11) is -0.961. The summed E-state index contributed by atoms with van der Waals surface area (Å²) in [5.74, 6) is 2.14. The molecule has 2 atom stereocenters. The Morgan fingerprint density at radius 2 is 1.50 bits per heavy atom. The van der Waals surface area contributed by atoms with Crippen molar-refractivity contribution >= 4 is 53.7 Å². The second-order valence-corrected chi connectivity index (χ2v) is 22.6. The zero-order valence-corrected chi connectivity index (χ0v) is 37.5. The highest BCUT2D eigenvalue weighted by molar-refractivity contribution is 6.99. The summed E-state index contributed by atoms with van der Waals surface area (Å²) in [4.78, 5) is 33.7. The number of hydrogen-bond acceptors (Lipinski definition) is 9. The molecule has 0 aliphatic carbocycles. The predicted molar refractivity (Wildman–Crippen MR) is 243 cm³/mol. The Kier molecular flexibility index (Phi) is 12.9. The quantitative estimate of drug-likeness (QED) is 0.126. The van der Waals surface area contributed by atoms with Gasteiger partial charge in [0.05, 0.1) is 24.2 Å². The normalized spacial score (nSPS) is 19.3. The minimum atomic E-state index is -2.66. The second-order valence-electron chi connectivity index (χ2n) is 17.5. The van der Waals surface area contributed by atoms with Gasteiger partial charge in [-0.15, -0.1) is 0 Å². The highest BCUT2D eigenvalue weighted by atomic mass is 35.5. The van der Waals surface area contributed by atoms with Crippen molar-refractivity contribution in [1.29, 1.82) is 0 Å². The van der Waals surface area contributed by atoms with Gasteiger partial charge in [0.25, 0.3) is 8.32 Å². The van der Waals surface area contributed by atoms with Gasteiger partial charge in [-0.2, -0.15) is 0 Å². The average molecular weight is 865 g/mol. The van der Waals surface area contributed by atoms with Crippen LogP contribution in [-0.2, 0) is 15.8 Å². The maximum absolute atomic E-state index is 12.0. The number of carbonyl (C=O) groups excluding carboxylic acids is 1. The molecule has 3 aliphatic heterocycles. The lowest BCUT2D eigenvalue weighted by molar-refractivity contribution is -0.121. The van der Waals surface area contributed by atoms with Crippen LogP contribution in [0, 0.1) is 5.92 Å². The third kappa shape index (κ3) is 9.57. The Bertz CT molecular complexity index is 2180. The van der Waals surface area contributed by atoms with Crippen molar-refractivity contribution in [3.05, 3.63) is 119 Å². The van der Waals surface area contributed by atoms with Crippen LogP contribution in [0.1, 0.15) is 52.0 Å². The molecule has 10 nitrogen and oxygen atoms in total. The standard InChI is InChI=1S/C47H55Cl2N7O3Si/c1-47(2,3)60(41-11-7-5-8-12-41,42-13-9-6-10-14-42)59-39-27-38-31-56(20-19-55(38)32-39)46-51-28-40(29-52-46)58-45-23-34(21-43(53-45)35-24-36(48)26-37(49)25-35)30-54-17-15-33(16-18-54)22-44(57)50-4/h5-14,21,23-26,28-29,33,38-39H,15-20,22,27,30-32H2,1-4H3,(H,50,57)/t38-,39+/m1/s1. The molecule has 0 radical (unpaired) electrons. The van der Waals surface area contributed by atoms with Crippen LogP contribution in [0.5, 0.6) is 11.6 Å². The van der Waals surface area contributed by atoms with Gasteiger partial charge >= 0.3 is 0 Å². The van der Waals surface area contributed by atoms with E-state index in [0.717, 1.165) is 76.2 Å². The molecule has 60 heavy (non-hydrogen) atoms. The van der Waals surface area contributed by atoms with Gasteiger partial charge in [-0.05, 0) is 83.5 Å². The van der Waals surface area contributed by atoms with E-state index in [2.05, 4.69) is 108 Å². The molecular formula is C47H55Cl2N7O3Si. The summed E-state index contributed by atoms with van der Waals surface area (Å²) in [5, 5.41) is 6.39. The number of benzene rings is 3. The first-order valence-electron chi connectivity index (χ1n) is 21.1. The fourth-order valence-electron chi connectivity index (χ4n) is 9.37. The van der Waals surface area contributed by atoms with Crippen LogP contribution in [0.15, 0.2) is 103 Å². The minimum Gasteiger partial charge on any atom is -0.436 e. The van der Waals surface area contributed by atoms with Crippen LogP contribution in [-0.4, -0.2) is 97.4 Å². The molecule has 13 heteroatoms. The van der Waals surface area contributed by atoms with Gasteiger partial charge in [0.2, 0.25) is 17.7 Å². The van der Waals surface area contributed by atoms with E-state index >= 15 is 0 Å². The fraction of sp³-hybridized carbons (Fsp3) is 0.404. The number of ether oxygens (including phenoxy) is 1. The van der Waals surface area contributed by atoms with E-state index in [1.165, 1.54) is 10.4 Å². The zero-order valence-electron chi connectivity index (χ0n) is 35.0. The number of amides is 1. The molecule has 1 amide bonds. The van der Waals surface area contributed by atoms with E-state index < -0.39 is 8.32 Å². The number of rotatable bonds is 12. The average Bonchev–Trinajstić information content (AvgIpc) is 3.65. The second kappa shape index (κ2) is 18.3. The molecule has 3 saturated heterocycles. The summed E-state index contributed by atoms with van der Waals surface area (Å²) in [6.07, 6.45) is 7.09. The van der Waals surface area contributed by atoms with Gasteiger partial charge in [0.15, 0.2) is 5.75 Å². The Morgan fingerprint density at radius 3 is 2.12 bits per heavy atom. The highest BCUT2D eigenvalue weighted by Crippen LogP contribution is 2.40. The molecular weight excluding hydrogens is 810 g/mol. The number of nitrogens with zero attached hydrogens (tertiary/aromatic N) is 6. The third-order valence-electron chi connectivity index (χ3n) is 12.3. The maximum Gasteiger partial charge on any atom is 0.261 e. The van der Waals surface area contributed by atoms with Crippen LogP contribution in [0.3, 0.4) is 0 Å². The number of piperazine rings is 1. The molecule has 3 aromatic carbocycles. The molecule has 2 aromatic heterocycles. The number of piperidine rings is 1. The summed E-state index contributed by atoms with van der Waals surface area (Å²) >= 11 is 12.8. The fourth-order valence-corrected chi connectivity index (χ4v) is 14.6. The first-order valence-corrected chi connectivity index (χ1v) is 23.8. The monoisotopic (exact) mass is 863 g/mol. The lowest BCUT2D eigenvalue weighted by Gasteiger charge is -2.44. The topological polar surface area (TPSA) is 96.0 Å². The summed E-state index contributed by atoms with van der Waals surface area (Å²) in [6.45, 7) is 13.1. The first-order chi connectivity index (χ1) is 28.9. The largest absolute Gasteiger partial charge is 0.436 e. The van der Waals surface area contributed by atoms with E-state index in [1.807, 2.05) is 18.2 Å². The minimum absolute atomic E-state index is 0.0726. The Balaban J connectivity index is 0.954. The SMILES string of the molecule is CNC(=O)CC1CCN(Cc2cc(Oc3cnc(N4CCN5C[C@@H](O[Si](c6ccccc6)(c6ccccc6)C(C)(C)C)C[C@@H]5C4)nc3)nc(-c3cc(Cl)cc(Cl)c3)c2)CC1. The van der Waals surface area contributed by atoms with Gasteiger partial charge in [-0.25, -0.2) is 15.0 Å². The lowest BCUT2D eigenvalue weighted by Crippen LogP contribution is -2.67. The third-order valence-corrected chi connectivity index (χ3v) is 17.9. The summed E-state index contributed by atoms with van der Waals surface area (Å²) in [5.41, 5.74) is 2.58. The van der Waals surface area contributed by atoms with Crippen LogP contribution in [0.4, 0.5) is 5.95 Å². The van der Waals surface area contributed by atoms with Gasteiger partial charge in [0, 0.05) is 73.9 Å². The number of likely N-dealkylation sites (tertiary alicyclic amines) is 1. The van der Waals surface area contributed by atoms with Crippen molar-refractivity contribution in [2.24, 2.45) is 5.92 Å². The molecule has 0 spiro atoms. The van der Waals surface area contributed by atoms with Gasteiger partial charge in [-0.1, -0.05) is 105 Å². The molecule has 0 bridgehead atoms. The number of aromatic nitrogens is 3. The first kappa shape index (κ1) is 42.3. The van der Waals surface area contributed by atoms with Crippen LogP contribution in [0.25, 0.3) is 11.3 Å². The molecule has 0 saturated carbocycles. The molecule has 5 heterocycles. The Hall–Kier alpha value is -4.36. The van der Waals surface area contributed by atoms with Crippen LogP contribution < -0.4 is 25.3 Å². The van der Waals surface area contributed by atoms with Gasteiger partial charge in [-0.3, -0.25) is 14.6 Å². The summed E-state index contributed by atoms with van der Waals surface area (Å²) in [6, 6.07) is 31.7. The van der Waals surface area contributed by atoms with Crippen molar-refractivity contribution in [2.45, 2.75) is 70.2 Å². The molecule has 5 aromatic rings. The number of anilines is 1. The maximum atomic E-state index is 12.0. The van der Waals surface area contributed by atoms with E-state index in [0.29, 0.717) is 51.7 Å². The predicted octanol–water partition coefficient (Wildman–Crippen LogP) is 7.83. The zero-order chi connectivity index (χ0) is 41.9. The van der Waals surface area contributed by atoms with E-state index in [1.54, 1.807) is 25.5 Å². The number of fused-ring (bicyclic) bond motifs is 1. The number of pyridine rings is 1. The van der Waals surface area contributed by atoms with E-state index in [4.69, 9.17) is 47.3 Å². The van der Waals surface area contributed by atoms with Crippen molar-refractivity contribution < 1.29 is 14.0 Å². The number of hydrogen-bond donors (Lipinski definition) is 1.